The maximum Gasteiger partial charge on any atom is 0.185 e. The van der Waals surface area contributed by atoms with Crippen LogP contribution in [-0.4, -0.2) is 39.7 Å². The van der Waals surface area contributed by atoms with Gasteiger partial charge in [-0.25, -0.2) is 0 Å². The van der Waals surface area contributed by atoms with Crippen molar-refractivity contribution in [3.05, 3.63) is 0 Å². The summed E-state index contributed by atoms with van der Waals surface area (Å²) in [7, 11) is -1.32. The normalized spacial score (nSPS) is 9.74. The molecule has 0 aromatic heterocycles. The van der Waals surface area contributed by atoms with Crippen LogP contribution in [0.4, 0.5) is 0 Å². The summed E-state index contributed by atoms with van der Waals surface area (Å²) >= 11 is 0. The standard InChI is InChI=1S/C9H12O2.C6H12OSi.C3H6O/c1-5-7-10-9(3,4)11-8-6-2;1-5-6-7-8(2,3)4;1-3(2)4/h1-2H,7-8H2,3-4H3;1H,6H2,2-4H3;1-2H3. The van der Waals surface area contributed by atoms with E-state index in [-0.39, 0.29) is 19.0 Å². The highest BCUT2D eigenvalue weighted by molar-refractivity contribution is 6.69. The van der Waals surface area contributed by atoms with Gasteiger partial charge in [-0.3, -0.25) is 0 Å². The van der Waals surface area contributed by atoms with E-state index in [0.29, 0.717) is 6.61 Å². The fourth-order valence-electron chi connectivity index (χ4n) is 0.731. The van der Waals surface area contributed by atoms with Gasteiger partial charge in [0.25, 0.3) is 0 Å². The number of rotatable bonds is 6. The van der Waals surface area contributed by atoms with Crippen LogP contribution < -0.4 is 0 Å². The maximum atomic E-state index is 9.44. The second-order valence-electron chi connectivity index (χ2n) is 5.90. The first kappa shape index (κ1) is 26.3. The molecule has 0 fully saturated rings. The van der Waals surface area contributed by atoms with Gasteiger partial charge in [-0.05, 0) is 47.3 Å². The van der Waals surface area contributed by atoms with E-state index in [9.17, 15) is 4.79 Å². The van der Waals surface area contributed by atoms with Crippen LogP contribution in [0.5, 0.6) is 0 Å². The van der Waals surface area contributed by atoms with Gasteiger partial charge in [-0.2, -0.15) is 0 Å². The molecule has 130 valence electrons. The molecular formula is C18H30O4Si. The monoisotopic (exact) mass is 338 g/mol. The molecule has 0 radical (unpaired) electrons. The molecular weight excluding hydrogens is 308 g/mol. The van der Waals surface area contributed by atoms with Crippen LogP contribution in [0.25, 0.3) is 0 Å². The highest BCUT2D eigenvalue weighted by atomic mass is 28.4. The number of ketones is 1. The molecule has 0 aliphatic carbocycles. The van der Waals surface area contributed by atoms with Crippen LogP contribution in [0, 0.1) is 37.0 Å². The van der Waals surface area contributed by atoms with Crippen molar-refractivity contribution in [1.29, 1.82) is 0 Å². The molecule has 23 heavy (non-hydrogen) atoms. The number of carbonyl (C=O) groups is 1. The first-order chi connectivity index (χ1) is 10.4. The van der Waals surface area contributed by atoms with Crippen LogP contribution >= 0.6 is 0 Å². The molecule has 0 aromatic carbocycles. The Morgan fingerprint density at radius 2 is 1.22 bits per heavy atom. The minimum atomic E-state index is -1.32. The molecule has 0 atom stereocenters. The van der Waals surface area contributed by atoms with Gasteiger partial charge in [0.15, 0.2) is 14.1 Å². The molecule has 0 bridgehead atoms. The zero-order valence-electron chi connectivity index (χ0n) is 15.5. The van der Waals surface area contributed by atoms with Gasteiger partial charge >= 0.3 is 0 Å². The summed E-state index contributed by atoms with van der Waals surface area (Å²) in [5.74, 6) is 6.61. The van der Waals surface area contributed by atoms with E-state index in [1.807, 2.05) is 0 Å². The number of ether oxygens (including phenoxy) is 2. The van der Waals surface area contributed by atoms with Crippen molar-refractivity contribution >= 4 is 14.1 Å². The van der Waals surface area contributed by atoms with Crippen LogP contribution in [-0.2, 0) is 18.7 Å². The molecule has 0 spiro atoms. The molecule has 5 heteroatoms. The number of Topliss-reactive ketones (excluding diaryl/α,β-unsaturated/α-hetero) is 1. The predicted molar refractivity (Wildman–Crippen MR) is 98.1 cm³/mol. The van der Waals surface area contributed by atoms with E-state index < -0.39 is 14.1 Å². The Balaban J connectivity index is -0.000000292. The Kier molecular flexibility index (Phi) is 17.6. The molecule has 0 N–H and O–H groups in total. The maximum absolute atomic E-state index is 9.44. The summed E-state index contributed by atoms with van der Waals surface area (Å²) in [6.07, 6.45) is 15.0. The van der Waals surface area contributed by atoms with Crippen molar-refractivity contribution in [2.75, 3.05) is 19.8 Å². The first-order valence-corrected chi connectivity index (χ1v) is 10.5. The third-order valence-electron chi connectivity index (χ3n) is 1.59. The number of hydrogen-bond acceptors (Lipinski definition) is 4. The quantitative estimate of drug-likeness (QED) is 0.424. The van der Waals surface area contributed by atoms with Crippen molar-refractivity contribution in [2.45, 2.75) is 53.1 Å². The summed E-state index contributed by atoms with van der Waals surface area (Å²) in [6, 6.07) is 0. The van der Waals surface area contributed by atoms with Crippen molar-refractivity contribution < 1.29 is 18.7 Å². The van der Waals surface area contributed by atoms with Crippen molar-refractivity contribution in [3.63, 3.8) is 0 Å². The number of terminal acetylenes is 3. The van der Waals surface area contributed by atoms with Gasteiger partial charge in [0, 0.05) is 0 Å². The van der Waals surface area contributed by atoms with Crippen LogP contribution in [0.3, 0.4) is 0 Å². The SMILES string of the molecule is C#CCOC(C)(C)OCC#C.C#CCO[Si](C)(C)C.CC(C)=O. The minimum Gasteiger partial charge on any atom is -0.407 e. The lowest BCUT2D eigenvalue weighted by molar-refractivity contribution is -0.197. The Labute approximate surface area is 143 Å². The number of hydrogen-bond donors (Lipinski definition) is 0. The fraction of sp³-hybridized carbons (Fsp3) is 0.611. The minimum absolute atomic E-state index is 0.167. The molecule has 0 unspecified atom stereocenters. The van der Waals surface area contributed by atoms with Gasteiger partial charge in [-0.15, -0.1) is 19.3 Å². The molecule has 0 aromatic rings. The molecule has 0 saturated carbocycles. The topological polar surface area (TPSA) is 44.8 Å². The van der Waals surface area contributed by atoms with E-state index in [2.05, 4.69) is 37.4 Å². The lowest BCUT2D eigenvalue weighted by Gasteiger charge is -2.23. The van der Waals surface area contributed by atoms with Crippen LogP contribution in [0.15, 0.2) is 0 Å². The molecule has 4 nitrogen and oxygen atoms in total. The Hall–Kier alpha value is -1.55. The Bertz CT molecular complexity index is 404. The van der Waals surface area contributed by atoms with Crippen molar-refractivity contribution in [2.24, 2.45) is 0 Å². The molecule has 0 aliphatic rings. The fourth-order valence-corrected chi connectivity index (χ4v) is 1.25. The third kappa shape index (κ3) is 38.5. The summed E-state index contributed by atoms with van der Waals surface area (Å²) < 4.78 is 15.5. The average molecular weight is 339 g/mol. The summed E-state index contributed by atoms with van der Waals surface area (Å²) in [6.45, 7) is 13.9. The summed E-state index contributed by atoms with van der Waals surface area (Å²) in [4.78, 5) is 9.44. The largest absolute Gasteiger partial charge is 0.407 e. The lowest BCUT2D eigenvalue weighted by atomic mass is 10.4. The van der Waals surface area contributed by atoms with Gasteiger partial charge in [0.2, 0.25) is 0 Å². The Morgan fingerprint density at radius 1 is 0.913 bits per heavy atom. The van der Waals surface area contributed by atoms with E-state index in [1.54, 1.807) is 13.8 Å². The number of carbonyl (C=O) groups excluding carboxylic acids is 1. The van der Waals surface area contributed by atoms with Crippen LogP contribution in [0.2, 0.25) is 19.6 Å². The molecule has 0 saturated heterocycles. The Morgan fingerprint density at radius 3 is 1.39 bits per heavy atom. The smallest absolute Gasteiger partial charge is 0.185 e. The highest BCUT2D eigenvalue weighted by Crippen LogP contribution is 2.09. The van der Waals surface area contributed by atoms with Crippen molar-refractivity contribution in [3.8, 4) is 37.0 Å². The van der Waals surface area contributed by atoms with E-state index in [0.717, 1.165) is 0 Å². The average Bonchev–Trinajstić information content (AvgIpc) is 2.40. The molecule has 0 amide bonds. The highest BCUT2D eigenvalue weighted by Gasteiger charge is 2.17. The van der Waals surface area contributed by atoms with Gasteiger partial charge in [0.05, 0.1) is 6.61 Å². The molecule has 0 rings (SSSR count). The predicted octanol–water partition coefficient (Wildman–Crippen LogP) is 3.09. The first-order valence-electron chi connectivity index (χ1n) is 7.11. The zero-order chi connectivity index (χ0) is 18.9. The van der Waals surface area contributed by atoms with E-state index in [4.69, 9.17) is 33.2 Å². The van der Waals surface area contributed by atoms with Gasteiger partial charge in [-0.1, -0.05) is 17.8 Å². The summed E-state index contributed by atoms with van der Waals surface area (Å²) in [5, 5.41) is 0. The molecule has 0 aliphatic heterocycles. The second-order valence-corrected chi connectivity index (χ2v) is 10.4. The van der Waals surface area contributed by atoms with Crippen LogP contribution in [0.1, 0.15) is 27.7 Å². The van der Waals surface area contributed by atoms with E-state index >= 15 is 0 Å². The van der Waals surface area contributed by atoms with Gasteiger partial charge < -0.3 is 18.7 Å². The third-order valence-corrected chi connectivity index (χ3v) is 2.61. The molecule has 0 heterocycles. The lowest BCUT2D eigenvalue weighted by Crippen LogP contribution is -2.28. The van der Waals surface area contributed by atoms with E-state index in [1.165, 1.54) is 13.8 Å². The zero-order valence-corrected chi connectivity index (χ0v) is 16.5. The summed E-state index contributed by atoms with van der Waals surface area (Å²) in [5.41, 5.74) is 0. The van der Waals surface area contributed by atoms with Crippen molar-refractivity contribution in [1.82, 2.24) is 0 Å². The van der Waals surface area contributed by atoms with Gasteiger partial charge in [0.1, 0.15) is 19.0 Å². The second kappa shape index (κ2) is 15.3.